The number of rotatable bonds is 7. The zero-order chi connectivity index (χ0) is 21.1. The van der Waals surface area contributed by atoms with Crippen molar-refractivity contribution < 1.29 is 0 Å². The quantitative estimate of drug-likeness (QED) is 0.310. The van der Waals surface area contributed by atoms with E-state index in [1.54, 1.807) is 0 Å². The Morgan fingerprint density at radius 3 is 1.62 bits per heavy atom. The van der Waals surface area contributed by atoms with Crippen LogP contribution < -0.4 is 21.5 Å². The SMILES string of the molecule is CCNC(=S)NN=C(C(=NNC(=S)NCC)c1ccc(C)cc1)c1ccccc1. The molecule has 0 aliphatic rings. The van der Waals surface area contributed by atoms with Crippen LogP contribution in [0.1, 0.15) is 30.5 Å². The summed E-state index contributed by atoms with van der Waals surface area (Å²) in [5.74, 6) is 0. The summed E-state index contributed by atoms with van der Waals surface area (Å²) in [5.41, 5.74) is 10.1. The zero-order valence-electron chi connectivity index (χ0n) is 16.8. The van der Waals surface area contributed by atoms with Gasteiger partial charge in [-0.05, 0) is 45.2 Å². The van der Waals surface area contributed by atoms with Gasteiger partial charge in [-0.25, -0.2) is 0 Å². The molecule has 0 radical (unpaired) electrons. The van der Waals surface area contributed by atoms with E-state index in [-0.39, 0.29) is 0 Å². The first-order valence-corrected chi connectivity index (χ1v) is 10.2. The summed E-state index contributed by atoms with van der Waals surface area (Å²) >= 11 is 10.5. The van der Waals surface area contributed by atoms with Gasteiger partial charge < -0.3 is 10.6 Å². The topological polar surface area (TPSA) is 72.8 Å². The van der Waals surface area contributed by atoms with Crippen LogP contribution in [0.3, 0.4) is 0 Å². The average molecular weight is 427 g/mol. The summed E-state index contributed by atoms with van der Waals surface area (Å²) in [6.45, 7) is 7.40. The van der Waals surface area contributed by atoms with E-state index in [1.165, 1.54) is 0 Å². The van der Waals surface area contributed by atoms with Crippen LogP contribution in [0.5, 0.6) is 0 Å². The van der Waals surface area contributed by atoms with Gasteiger partial charge >= 0.3 is 0 Å². The number of nitrogens with one attached hydrogen (secondary N) is 4. The lowest BCUT2D eigenvalue weighted by atomic mass is 9.99. The van der Waals surface area contributed by atoms with Crippen molar-refractivity contribution in [3.8, 4) is 0 Å². The molecule has 8 heteroatoms. The van der Waals surface area contributed by atoms with Gasteiger partial charge in [0.05, 0.1) is 0 Å². The minimum absolute atomic E-state index is 0.445. The van der Waals surface area contributed by atoms with Crippen LogP contribution in [0.2, 0.25) is 0 Å². The third-order valence-corrected chi connectivity index (χ3v) is 4.28. The molecule has 0 aromatic heterocycles. The molecular weight excluding hydrogens is 400 g/mol. The number of hydrogen-bond donors (Lipinski definition) is 4. The second-order valence-corrected chi connectivity index (χ2v) is 6.91. The average Bonchev–Trinajstić information content (AvgIpc) is 2.72. The molecule has 0 spiro atoms. The normalized spacial score (nSPS) is 11.6. The smallest absolute Gasteiger partial charge is 0.186 e. The molecule has 0 unspecified atom stereocenters. The fourth-order valence-corrected chi connectivity index (χ4v) is 2.81. The number of thiocarbonyl (C=S) groups is 2. The zero-order valence-corrected chi connectivity index (χ0v) is 18.5. The van der Waals surface area contributed by atoms with Crippen molar-refractivity contribution in [3.05, 3.63) is 71.3 Å². The predicted molar refractivity (Wildman–Crippen MR) is 130 cm³/mol. The van der Waals surface area contributed by atoms with Gasteiger partial charge in [-0.15, -0.1) is 0 Å². The Balaban J connectivity index is 2.51. The van der Waals surface area contributed by atoms with Crippen LogP contribution in [-0.2, 0) is 0 Å². The lowest BCUT2D eigenvalue weighted by Gasteiger charge is -2.13. The first kappa shape index (κ1) is 22.4. The molecule has 4 N–H and O–H groups in total. The van der Waals surface area contributed by atoms with E-state index in [0.29, 0.717) is 34.7 Å². The second kappa shape index (κ2) is 11.9. The highest BCUT2D eigenvalue weighted by Gasteiger charge is 2.16. The molecular formula is C21H26N6S2. The molecule has 0 aliphatic carbocycles. The van der Waals surface area contributed by atoms with Crippen LogP contribution in [-0.4, -0.2) is 34.7 Å². The number of hydrogen-bond acceptors (Lipinski definition) is 4. The van der Waals surface area contributed by atoms with Crippen molar-refractivity contribution in [1.29, 1.82) is 0 Å². The lowest BCUT2D eigenvalue weighted by Crippen LogP contribution is -2.35. The molecule has 0 atom stereocenters. The Kier molecular flexibility index (Phi) is 9.20. The monoisotopic (exact) mass is 426 g/mol. The van der Waals surface area contributed by atoms with Crippen LogP contribution in [0.25, 0.3) is 0 Å². The van der Waals surface area contributed by atoms with Crippen molar-refractivity contribution in [3.63, 3.8) is 0 Å². The first-order chi connectivity index (χ1) is 14.0. The maximum Gasteiger partial charge on any atom is 0.186 e. The van der Waals surface area contributed by atoms with E-state index >= 15 is 0 Å². The van der Waals surface area contributed by atoms with E-state index in [4.69, 9.17) is 24.4 Å². The van der Waals surface area contributed by atoms with Crippen molar-refractivity contribution in [2.24, 2.45) is 10.2 Å². The summed E-state index contributed by atoms with van der Waals surface area (Å²) in [5, 5.41) is 16.1. The molecule has 0 aliphatic heterocycles. The van der Waals surface area contributed by atoms with Crippen LogP contribution >= 0.6 is 24.4 Å². The third kappa shape index (κ3) is 7.24. The number of nitrogens with zero attached hydrogens (tertiary/aromatic N) is 2. The standard InChI is InChI=1S/C21H26N6S2/c1-4-22-20(28)26-24-18(16-9-7-6-8-10-16)19(25-27-21(29)23-5-2)17-13-11-15(3)12-14-17/h6-14H,4-5H2,1-3H3,(H2,22,26,28)(H2,23,27,29). The largest absolute Gasteiger partial charge is 0.362 e. The summed E-state index contributed by atoms with van der Waals surface area (Å²) in [6, 6.07) is 17.9. The van der Waals surface area contributed by atoms with Crippen molar-refractivity contribution in [2.45, 2.75) is 20.8 Å². The van der Waals surface area contributed by atoms with E-state index < -0.39 is 0 Å². The molecule has 0 fully saturated rings. The lowest BCUT2D eigenvalue weighted by molar-refractivity contribution is 0.897. The molecule has 2 aromatic rings. The van der Waals surface area contributed by atoms with Gasteiger partial charge in [-0.3, -0.25) is 10.9 Å². The highest BCUT2D eigenvalue weighted by atomic mass is 32.1. The number of benzene rings is 2. The van der Waals surface area contributed by atoms with E-state index in [0.717, 1.165) is 16.7 Å². The number of hydrazone groups is 2. The number of aryl methyl sites for hydroxylation is 1. The molecule has 6 nitrogen and oxygen atoms in total. The summed E-state index contributed by atoms with van der Waals surface area (Å²) in [7, 11) is 0. The highest BCUT2D eigenvalue weighted by Crippen LogP contribution is 2.11. The molecule has 0 heterocycles. The van der Waals surface area contributed by atoms with Gasteiger partial charge in [0, 0.05) is 24.2 Å². The Labute approximate surface area is 182 Å². The molecule has 152 valence electrons. The molecule has 2 aromatic carbocycles. The molecule has 0 saturated carbocycles. The van der Waals surface area contributed by atoms with Gasteiger partial charge in [-0.1, -0.05) is 60.2 Å². The molecule has 29 heavy (non-hydrogen) atoms. The van der Waals surface area contributed by atoms with Crippen molar-refractivity contribution >= 4 is 46.1 Å². The first-order valence-electron chi connectivity index (χ1n) is 9.41. The van der Waals surface area contributed by atoms with Crippen LogP contribution in [0.15, 0.2) is 64.8 Å². The molecule has 0 amide bonds. The van der Waals surface area contributed by atoms with Crippen LogP contribution in [0, 0.1) is 6.92 Å². The van der Waals surface area contributed by atoms with Gasteiger partial charge in [0.15, 0.2) is 10.2 Å². The van der Waals surface area contributed by atoms with Gasteiger partial charge in [0.2, 0.25) is 0 Å². The predicted octanol–water partition coefficient (Wildman–Crippen LogP) is 3.07. The molecule has 2 rings (SSSR count). The minimum Gasteiger partial charge on any atom is -0.362 e. The molecule has 0 saturated heterocycles. The summed E-state index contributed by atoms with van der Waals surface area (Å²) in [4.78, 5) is 0. The fourth-order valence-electron chi connectivity index (χ4n) is 2.43. The van der Waals surface area contributed by atoms with Gasteiger partial charge in [-0.2, -0.15) is 10.2 Å². The van der Waals surface area contributed by atoms with Gasteiger partial charge in [0.1, 0.15) is 11.4 Å². The molecule has 0 bridgehead atoms. The van der Waals surface area contributed by atoms with E-state index in [2.05, 4.69) is 31.7 Å². The Morgan fingerprint density at radius 1 is 0.724 bits per heavy atom. The summed E-state index contributed by atoms with van der Waals surface area (Å²) < 4.78 is 0. The maximum absolute atomic E-state index is 5.27. The Hall–Kier alpha value is -2.84. The van der Waals surface area contributed by atoms with Crippen molar-refractivity contribution in [1.82, 2.24) is 21.5 Å². The minimum atomic E-state index is 0.445. The highest BCUT2D eigenvalue weighted by molar-refractivity contribution is 7.80. The van der Waals surface area contributed by atoms with E-state index in [9.17, 15) is 0 Å². The summed E-state index contributed by atoms with van der Waals surface area (Å²) in [6.07, 6.45) is 0. The van der Waals surface area contributed by atoms with Crippen molar-refractivity contribution in [2.75, 3.05) is 13.1 Å². The maximum atomic E-state index is 5.27. The van der Waals surface area contributed by atoms with E-state index in [1.807, 2.05) is 75.4 Å². The fraction of sp³-hybridized carbons (Fsp3) is 0.238. The Morgan fingerprint density at radius 2 is 1.17 bits per heavy atom. The van der Waals surface area contributed by atoms with Gasteiger partial charge in [0.25, 0.3) is 0 Å². The van der Waals surface area contributed by atoms with Crippen LogP contribution in [0.4, 0.5) is 0 Å². The third-order valence-electron chi connectivity index (χ3n) is 3.81. The second-order valence-electron chi connectivity index (χ2n) is 6.10. The Bertz CT molecular complexity index is 876.